The average molecular weight is 288 g/mol. The lowest BCUT2D eigenvalue weighted by atomic mass is 9.74. The van der Waals surface area contributed by atoms with E-state index in [0.717, 1.165) is 55.4 Å². The molecule has 0 amide bonds. The smallest absolute Gasteiger partial charge is 0.128 e. The molecule has 1 aliphatic heterocycles. The molecule has 1 aromatic rings. The molecule has 0 spiro atoms. The summed E-state index contributed by atoms with van der Waals surface area (Å²) in [5.74, 6) is 2.99. The monoisotopic (exact) mass is 288 g/mol. The molecule has 2 nitrogen and oxygen atoms in total. The van der Waals surface area contributed by atoms with Crippen LogP contribution in [0.2, 0.25) is 0 Å². The van der Waals surface area contributed by atoms with Gasteiger partial charge in [-0.15, -0.1) is 0 Å². The molecule has 116 valence electrons. The summed E-state index contributed by atoms with van der Waals surface area (Å²) in [6, 6.07) is 6.27. The zero-order chi connectivity index (χ0) is 14.8. The topological polar surface area (TPSA) is 29.5 Å². The molecule has 0 saturated heterocycles. The molecule has 1 aliphatic carbocycles. The van der Waals surface area contributed by atoms with E-state index in [2.05, 4.69) is 32.0 Å². The van der Waals surface area contributed by atoms with Gasteiger partial charge in [0.15, 0.2) is 0 Å². The van der Waals surface area contributed by atoms with Crippen molar-refractivity contribution in [2.45, 2.75) is 58.5 Å². The van der Waals surface area contributed by atoms with Crippen LogP contribution in [0.1, 0.15) is 63.2 Å². The first-order valence-electron chi connectivity index (χ1n) is 8.59. The molecule has 1 unspecified atom stereocenters. The van der Waals surface area contributed by atoms with E-state index in [9.17, 15) is 5.11 Å². The molecule has 1 N–H and O–H groups in total. The van der Waals surface area contributed by atoms with Crippen molar-refractivity contribution in [2.75, 3.05) is 6.61 Å². The first-order chi connectivity index (χ1) is 10.2. The van der Waals surface area contributed by atoms with E-state index in [1.165, 1.54) is 18.4 Å². The van der Waals surface area contributed by atoms with E-state index in [1.807, 2.05) is 0 Å². The van der Waals surface area contributed by atoms with Gasteiger partial charge in [-0.3, -0.25) is 0 Å². The number of aliphatic hydroxyl groups is 1. The Bertz CT molecular complexity index is 472. The summed E-state index contributed by atoms with van der Waals surface area (Å²) in [5, 5.41) is 10.8. The summed E-state index contributed by atoms with van der Waals surface area (Å²) in [4.78, 5) is 0. The number of rotatable bonds is 3. The number of fused-ring (bicyclic) bond motifs is 1. The minimum absolute atomic E-state index is 0.355. The molecule has 2 heteroatoms. The standard InChI is InChI=1S/C19H28O2/c1-13(2)14-8-10-15(11-9-14)18(20)17-7-3-5-16-6-4-12-21-19(16)17/h3,5,7,13-15,18,20H,4,6,8-12H2,1-2H3. The minimum atomic E-state index is -0.355. The first-order valence-corrected chi connectivity index (χ1v) is 8.59. The highest BCUT2D eigenvalue weighted by molar-refractivity contribution is 5.44. The summed E-state index contributed by atoms with van der Waals surface area (Å²) in [6.07, 6.45) is 6.62. The van der Waals surface area contributed by atoms with Crippen LogP contribution in [0.3, 0.4) is 0 Å². The van der Waals surface area contributed by atoms with Crippen molar-refractivity contribution >= 4 is 0 Å². The molecular formula is C19H28O2. The van der Waals surface area contributed by atoms with Crippen molar-refractivity contribution in [3.8, 4) is 5.75 Å². The Hall–Kier alpha value is -1.02. The number of hydrogen-bond donors (Lipinski definition) is 1. The van der Waals surface area contributed by atoms with Crippen LogP contribution in [0.25, 0.3) is 0 Å². The highest BCUT2D eigenvalue weighted by Crippen LogP contribution is 2.42. The van der Waals surface area contributed by atoms with Crippen LogP contribution < -0.4 is 4.74 Å². The summed E-state index contributed by atoms with van der Waals surface area (Å²) < 4.78 is 5.87. The van der Waals surface area contributed by atoms with Crippen LogP contribution in [0.15, 0.2) is 18.2 Å². The van der Waals surface area contributed by atoms with Crippen LogP contribution >= 0.6 is 0 Å². The van der Waals surface area contributed by atoms with Crippen molar-refractivity contribution in [1.29, 1.82) is 0 Å². The van der Waals surface area contributed by atoms with E-state index >= 15 is 0 Å². The maximum Gasteiger partial charge on any atom is 0.128 e. The fourth-order valence-electron chi connectivity index (χ4n) is 4.03. The highest BCUT2D eigenvalue weighted by Gasteiger charge is 2.30. The minimum Gasteiger partial charge on any atom is -0.493 e. The second kappa shape index (κ2) is 6.39. The van der Waals surface area contributed by atoms with Gasteiger partial charge in [-0.25, -0.2) is 0 Å². The van der Waals surface area contributed by atoms with Gasteiger partial charge in [0.2, 0.25) is 0 Å². The van der Waals surface area contributed by atoms with Crippen molar-refractivity contribution in [1.82, 2.24) is 0 Å². The molecule has 3 rings (SSSR count). The van der Waals surface area contributed by atoms with Gasteiger partial charge in [-0.2, -0.15) is 0 Å². The van der Waals surface area contributed by atoms with Gasteiger partial charge in [-0.05, 0) is 61.8 Å². The molecule has 0 radical (unpaired) electrons. The van der Waals surface area contributed by atoms with Crippen molar-refractivity contribution in [3.63, 3.8) is 0 Å². The van der Waals surface area contributed by atoms with Crippen molar-refractivity contribution < 1.29 is 9.84 Å². The van der Waals surface area contributed by atoms with E-state index < -0.39 is 0 Å². The highest BCUT2D eigenvalue weighted by atomic mass is 16.5. The molecule has 1 heterocycles. The number of benzene rings is 1. The normalized spacial score (nSPS) is 27.0. The number of para-hydroxylation sites is 1. The van der Waals surface area contributed by atoms with Crippen LogP contribution in [0.5, 0.6) is 5.75 Å². The molecule has 0 bridgehead atoms. The van der Waals surface area contributed by atoms with Gasteiger partial charge in [-0.1, -0.05) is 32.0 Å². The third-order valence-electron chi connectivity index (χ3n) is 5.49. The SMILES string of the molecule is CC(C)C1CCC(C(O)c2cccc3c2OCCC3)CC1. The fraction of sp³-hybridized carbons (Fsp3) is 0.684. The molecule has 1 saturated carbocycles. The van der Waals surface area contributed by atoms with Crippen LogP contribution in [0.4, 0.5) is 0 Å². The van der Waals surface area contributed by atoms with E-state index in [0.29, 0.717) is 5.92 Å². The summed E-state index contributed by atoms with van der Waals surface area (Å²) in [7, 11) is 0. The van der Waals surface area contributed by atoms with Crippen molar-refractivity contribution in [3.05, 3.63) is 29.3 Å². The van der Waals surface area contributed by atoms with Gasteiger partial charge in [0.1, 0.15) is 5.75 Å². The lowest BCUT2D eigenvalue weighted by Crippen LogP contribution is -2.24. The second-order valence-electron chi connectivity index (χ2n) is 7.15. The number of aryl methyl sites for hydroxylation is 1. The zero-order valence-electron chi connectivity index (χ0n) is 13.3. The molecule has 1 fully saturated rings. The van der Waals surface area contributed by atoms with Crippen LogP contribution in [-0.4, -0.2) is 11.7 Å². The summed E-state index contributed by atoms with van der Waals surface area (Å²) in [6.45, 7) is 5.43. The van der Waals surface area contributed by atoms with Crippen LogP contribution in [-0.2, 0) is 6.42 Å². The van der Waals surface area contributed by atoms with E-state index in [-0.39, 0.29) is 6.10 Å². The van der Waals surface area contributed by atoms with Gasteiger partial charge < -0.3 is 9.84 Å². The molecule has 1 aromatic carbocycles. The third-order valence-corrected chi connectivity index (χ3v) is 5.49. The molecular weight excluding hydrogens is 260 g/mol. The van der Waals surface area contributed by atoms with Crippen LogP contribution in [0, 0.1) is 17.8 Å². The molecule has 2 aliphatic rings. The number of hydrogen-bond acceptors (Lipinski definition) is 2. The Kier molecular flexibility index (Phi) is 4.54. The summed E-state index contributed by atoms with van der Waals surface area (Å²) in [5.41, 5.74) is 2.30. The Morgan fingerprint density at radius 1 is 1.10 bits per heavy atom. The largest absolute Gasteiger partial charge is 0.493 e. The predicted octanol–water partition coefficient (Wildman–Crippen LogP) is 4.51. The first kappa shape index (κ1) is 14.9. The third kappa shape index (κ3) is 3.11. The van der Waals surface area contributed by atoms with Crippen molar-refractivity contribution in [2.24, 2.45) is 17.8 Å². The maximum atomic E-state index is 10.8. The summed E-state index contributed by atoms with van der Waals surface area (Å²) >= 11 is 0. The van der Waals surface area contributed by atoms with Gasteiger partial charge >= 0.3 is 0 Å². The molecule has 0 aromatic heterocycles. The Morgan fingerprint density at radius 2 is 1.81 bits per heavy atom. The van der Waals surface area contributed by atoms with Gasteiger partial charge in [0.05, 0.1) is 12.7 Å². The maximum absolute atomic E-state index is 10.8. The quantitative estimate of drug-likeness (QED) is 0.887. The predicted molar refractivity (Wildman–Crippen MR) is 85.5 cm³/mol. The average Bonchev–Trinajstić information content (AvgIpc) is 2.53. The number of aliphatic hydroxyl groups excluding tert-OH is 1. The Morgan fingerprint density at radius 3 is 2.52 bits per heavy atom. The van der Waals surface area contributed by atoms with E-state index in [1.54, 1.807) is 0 Å². The van der Waals surface area contributed by atoms with E-state index in [4.69, 9.17) is 4.74 Å². The zero-order valence-corrected chi connectivity index (χ0v) is 13.3. The van der Waals surface area contributed by atoms with Gasteiger partial charge in [0, 0.05) is 5.56 Å². The fourth-order valence-corrected chi connectivity index (χ4v) is 4.03. The molecule has 21 heavy (non-hydrogen) atoms. The Labute approximate surface area is 128 Å². The second-order valence-corrected chi connectivity index (χ2v) is 7.15. The lowest BCUT2D eigenvalue weighted by molar-refractivity contribution is 0.0638. The lowest BCUT2D eigenvalue weighted by Gasteiger charge is -2.34. The Balaban J connectivity index is 1.73. The van der Waals surface area contributed by atoms with Gasteiger partial charge in [0.25, 0.3) is 0 Å². The molecule has 1 atom stereocenters. The number of ether oxygens (including phenoxy) is 1.